The largest absolute Gasteiger partial charge is 0.326 e. The molecule has 4 N–H and O–H groups in total. The predicted molar refractivity (Wildman–Crippen MR) is 58.9 cm³/mol. The minimum absolute atomic E-state index is 0.268. The normalized spacial score (nSPS) is 12.0. The molecule has 1 aromatic rings. The van der Waals surface area contributed by atoms with Crippen LogP contribution in [0.4, 0.5) is 0 Å². The molecule has 84 valence electrons. The first-order chi connectivity index (χ1) is 6.93. The van der Waals surface area contributed by atoms with Gasteiger partial charge in [-0.2, -0.15) is 12.7 Å². The third-order valence-electron chi connectivity index (χ3n) is 2.10. The zero-order valence-electron chi connectivity index (χ0n) is 8.55. The van der Waals surface area contributed by atoms with E-state index < -0.39 is 10.2 Å². The number of nitrogens with zero attached hydrogens (tertiary/aromatic N) is 1. The molecule has 0 aliphatic carbocycles. The second-order valence-electron chi connectivity index (χ2n) is 3.32. The van der Waals surface area contributed by atoms with Gasteiger partial charge < -0.3 is 5.73 Å². The van der Waals surface area contributed by atoms with Gasteiger partial charge in [-0.3, -0.25) is 0 Å². The highest BCUT2D eigenvalue weighted by Crippen LogP contribution is 2.07. The van der Waals surface area contributed by atoms with Crippen LogP contribution in [0.5, 0.6) is 0 Å². The Labute approximate surface area is 89.9 Å². The second kappa shape index (κ2) is 4.71. The van der Waals surface area contributed by atoms with Gasteiger partial charge in [0, 0.05) is 20.1 Å². The molecule has 6 heteroatoms. The second-order valence-corrected chi connectivity index (χ2v) is 4.97. The number of hydrogen-bond acceptors (Lipinski definition) is 3. The zero-order chi connectivity index (χ0) is 11.5. The number of benzene rings is 1. The first kappa shape index (κ1) is 12.1. The van der Waals surface area contributed by atoms with Gasteiger partial charge >= 0.3 is 0 Å². The van der Waals surface area contributed by atoms with Crippen molar-refractivity contribution in [3.05, 3.63) is 35.4 Å². The Balaban J connectivity index is 2.74. The van der Waals surface area contributed by atoms with Crippen LogP contribution in [-0.2, 0) is 23.3 Å². The van der Waals surface area contributed by atoms with Crippen LogP contribution in [-0.4, -0.2) is 19.8 Å². The third kappa shape index (κ3) is 3.60. The molecular formula is C9H15N3O2S. The van der Waals surface area contributed by atoms with Crippen LogP contribution in [0.1, 0.15) is 11.1 Å². The van der Waals surface area contributed by atoms with E-state index in [0.717, 1.165) is 15.4 Å². The average Bonchev–Trinajstić information content (AvgIpc) is 2.17. The maximum absolute atomic E-state index is 10.9. The Morgan fingerprint density at radius 1 is 1.20 bits per heavy atom. The minimum Gasteiger partial charge on any atom is -0.326 e. The summed E-state index contributed by atoms with van der Waals surface area (Å²) >= 11 is 0. The maximum atomic E-state index is 10.9. The average molecular weight is 229 g/mol. The highest BCUT2D eigenvalue weighted by atomic mass is 32.2. The first-order valence-electron chi connectivity index (χ1n) is 4.45. The molecule has 0 saturated heterocycles. The van der Waals surface area contributed by atoms with Gasteiger partial charge in [0.05, 0.1) is 0 Å². The van der Waals surface area contributed by atoms with E-state index in [1.54, 1.807) is 0 Å². The number of rotatable bonds is 4. The molecule has 0 radical (unpaired) electrons. The molecular weight excluding hydrogens is 214 g/mol. The van der Waals surface area contributed by atoms with Crippen LogP contribution in [0, 0.1) is 0 Å². The zero-order valence-corrected chi connectivity index (χ0v) is 9.37. The molecule has 0 fully saturated rings. The topological polar surface area (TPSA) is 89.4 Å². The SMILES string of the molecule is CN(Cc1ccc(CN)cc1)S(N)(=O)=O. The molecule has 0 spiro atoms. The molecule has 5 nitrogen and oxygen atoms in total. The summed E-state index contributed by atoms with van der Waals surface area (Å²) < 4.78 is 23.0. The number of nitrogens with two attached hydrogens (primary N) is 2. The Morgan fingerprint density at radius 3 is 2.07 bits per heavy atom. The third-order valence-corrected chi connectivity index (χ3v) is 3.10. The van der Waals surface area contributed by atoms with Gasteiger partial charge in [-0.25, -0.2) is 5.14 Å². The quantitative estimate of drug-likeness (QED) is 0.748. The molecule has 0 heterocycles. The van der Waals surface area contributed by atoms with E-state index in [0.29, 0.717) is 6.54 Å². The van der Waals surface area contributed by atoms with Crippen molar-refractivity contribution < 1.29 is 8.42 Å². The fraction of sp³-hybridized carbons (Fsp3) is 0.333. The molecule has 1 rings (SSSR count). The van der Waals surface area contributed by atoms with Crippen LogP contribution < -0.4 is 10.9 Å². The summed E-state index contributed by atoms with van der Waals surface area (Å²) in [6.07, 6.45) is 0. The highest BCUT2D eigenvalue weighted by molar-refractivity contribution is 7.86. The lowest BCUT2D eigenvalue weighted by molar-refractivity contribution is 0.468. The number of hydrogen-bond donors (Lipinski definition) is 2. The van der Waals surface area contributed by atoms with Crippen LogP contribution in [0.25, 0.3) is 0 Å². The Hall–Kier alpha value is -0.950. The van der Waals surface area contributed by atoms with E-state index in [4.69, 9.17) is 10.9 Å². The Bertz CT molecular complexity index is 413. The van der Waals surface area contributed by atoms with Crippen LogP contribution >= 0.6 is 0 Å². The summed E-state index contributed by atoms with van der Waals surface area (Å²) in [5.41, 5.74) is 7.33. The Morgan fingerprint density at radius 2 is 1.67 bits per heavy atom. The van der Waals surface area contributed by atoms with Gasteiger partial charge in [-0.05, 0) is 11.1 Å². The smallest absolute Gasteiger partial charge is 0.276 e. The van der Waals surface area contributed by atoms with Gasteiger partial charge in [0.25, 0.3) is 10.2 Å². The van der Waals surface area contributed by atoms with E-state index in [9.17, 15) is 8.42 Å². The molecule has 0 aliphatic heterocycles. The van der Waals surface area contributed by atoms with Crippen molar-refractivity contribution in [2.24, 2.45) is 10.9 Å². The van der Waals surface area contributed by atoms with Crippen LogP contribution in [0.3, 0.4) is 0 Å². The summed E-state index contributed by atoms with van der Waals surface area (Å²) in [5, 5.41) is 4.96. The maximum Gasteiger partial charge on any atom is 0.276 e. The van der Waals surface area contributed by atoms with Crippen LogP contribution in [0.2, 0.25) is 0 Å². The van der Waals surface area contributed by atoms with Gasteiger partial charge in [-0.1, -0.05) is 24.3 Å². The first-order valence-corrected chi connectivity index (χ1v) is 5.95. The summed E-state index contributed by atoms with van der Waals surface area (Å²) in [5.74, 6) is 0. The monoisotopic (exact) mass is 229 g/mol. The summed E-state index contributed by atoms with van der Waals surface area (Å²) in [7, 11) is -2.17. The van der Waals surface area contributed by atoms with Crippen molar-refractivity contribution >= 4 is 10.2 Å². The molecule has 0 amide bonds. The van der Waals surface area contributed by atoms with Gasteiger partial charge in [0.15, 0.2) is 0 Å². The van der Waals surface area contributed by atoms with Crippen molar-refractivity contribution in [2.75, 3.05) is 7.05 Å². The van der Waals surface area contributed by atoms with E-state index in [1.807, 2.05) is 24.3 Å². The van der Waals surface area contributed by atoms with Gasteiger partial charge in [0.1, 0.15) is 0 Å². The molecule has 1 aromatic carbocycles. The van der Waals surface area contributed by atoms with E-state index in [2.05, 4.69) is 0 Å². The van der Waals surface area contributed by atoms with Crippen LogP contribution in [0.15, 0.2) is 24.3 Å². The molecule has 0 atom stereocenters. The molecule has 0 unspecified atom stereocenters. The van der Waals surface area contributed by atoms with Crippen molar-refractivity contribution in [3.8, 4) is 0 Å². The fourth-order valence-corrected chi connectivity index (χ4v) is 1.46. The summed E-state index contributed by atoms with van der Waals surface area (Å²) in [6.45, 7) is 0.745. The Kier molecular flexibility index (Phi) is 3.81. The highest BCUT2D eigenvalue weighted by Gasteiger charge is 2.11. The standard InChI is InChI=1S/C9H15N3O2S/c1-12(15(11,13)14)7-9-4-2-8(6-10)3-5-9/h2-5H,6-7,10H2,1H3,(H2,11,13,14). The van der Waals surface area contributed by atoms with Crippen molar-refractivity contribution in [3.63, 3.8) is 0 Å². The van der Waals surface area contributed by atoms with Crippen molar-refractivity contribution in [1.82, 2.24) is 4.31 Å². The predicted octanol–water partition coefficient (Wildman–Crippen LogP) is -0.219. The molecule has 0 aromatic heterocycles. The summed E-state index contributed by atoms with van der Waals surface area (Å²) in [6, 6.07) is 7.41. The van der Waals surface area contributed by atoms with E-state index in [-0.39, 0.29) is 6.54 Å². The lowest BCUT2D eigenvalue weighted by Crippen LogP contribution is -2.32. The lowest BCUT2D eigenvalue weighted by Gasteiger charge is -2.13. The van der Waals surface area contributed by atoms with E-state index in [1.165, 1.54) is 7.05 Å². The minimum atomic E-state index is -3.61. The van der Waals surface area contributed by atoms with Crippen molar-refractivity contribution in [1.29, 1.82) is 0 Å². The molecule has 15 heavy (non-hydrogen) atoms. The molecule has 0 bridgehead atoms. The molecule has 0 aliphatic rings. The fourth-order valence-electron chi connectivity index (χ4n) is 1.13. The van der Waals surface area contributed by atoms with E-state index >= 15 is 0 Å². The molecule has 0 saturated carbocycles. The van der Waals surface area contributed by atoms with Gasteiger partial charge in [0.2, 0.25) is 0 Å². The summed E-state index contributed by atoms with van der Waals surface area (Å²) in [4.78, 5) is 0. The van der Waals surface area contributed by atoms with Gasteiger partial charge in [-0.15, -0.1) is 0 Å². The lowest BCUT2D eigenvalue weighted by atomic mass is 10.1. The van der Waals surface area contributed by atoms with Crippen molar-refractivity contribution in [2.45, 2.75) is 13.1 Å².